The molecule has 0 aromatic heterocycles. The minimum atomic E-state index is -0.669. The fourth-order valence-corrected chi connectivity index (χ4v) is 2.19. The van der Waals surface area contributed by atoms with Gasteiger partial charge in [0.1, 0.15) is 0 Å². The van der Waals surface area contributed by atoms with Gasteiger partial charge in [-0.05, 0) is 41.8 Å². The van der Waals surface area contributed by atoms with Crippen LogP contribution in [0.1, 0.15) is 18.1 Å². The first-order valence-corrected chi connectivity index (χ1v) is 7.94. The molecule has 0 fully saturated rings. The SMILES string of the molecule is CCc1ccc(CNC(=O)C(=O)Nc2ccc(N(C)C)cc2)cc1. The predicted molar refractivity (Wildman–Crippen MR) is 97.1 cm³/mol. The smallest absolute Gasteiger partial charge is 0.313 e. The topological polar surface area (TPSA) is 61.4 Å². The van der Waals surface area contributed by atoms with Gasteiger partial charge in [-0.25, -0.2) is 0 Å². The van der Waals surface area contributed by atoms with Gasteiger partial charge in [-0.3, -0.25) is 9.59 Å². The molecule has 0 saturated heterocycles. The Hall–Kier alpha value is -2.82. The predicted octanol–water partition coefficient (Wildman–Crippen LogP) is 2.57. The molecule has 0 bridgehead atoms. The third kappa shape index (κ3) is 4.84. The molecule has 2 rings (SSSR count). The minimum absolute atomic E-state index is 0.329. The number of hydrogen-bond acceptors (Lipinski definition) is 3. The van der Waals surface area contributed by atoms with Crippen molar-refractivity contribution in [1.29, 1.82) is 0 Å². The monoisotopic (exact) mass is 325 g/mol. The van der Waals surface area contributed by atoms with Crippen molar-refractivity contribution in [1.82, 2.24) is 5.32 Å². The number of rotatable bonds is 5. The lowest BCUT2D eigenvalue weighted by Gasteiger charge is -2.13. The number of hydrogen-bond donors (Lipinski definition) is 2. The molecule has 0 spiro atoms. The number of anilines is 2. The summed E-state index contributed by atoms with van der Waals surface area (Å²) in [7, 11) is 3.88. The molecular weight excluding hydrogens is 302 g/mol. The number of carbonyl (C=O) groups is 2. The number of carbonyl (C=O) groups excluding carboxylic acids is 2. The summed E-state index contributed by atoms with van der Waals surface area (Å²) in [6.07, 6.45) is 0.974. The van der Waals surface area contributed by atoms with Gasteiger partial charge in [0.2, 0.25) is 0 Å². The summed E-state index contributed by atoms with van der Waals surface area (Å²) in [5, 5.41) is 5.22. The highest BCUT2D eigenvalue weighted by atomic mass is 16.2. The van der Waals surface area contributed by atoms with E-state index in [2.05, 4.69) is 17.6 Å². The average molecular weight is 325 g/mol. The standard InChI is InChI=1S/C19H23N3O2/c1-4-14-5-7-15(8-6-14)13-20-18(23)19(24)21-16-9-11-17(12-10-16)22(2)3/h5-12H,4,13H2,1-3H3,(H,20,23)(H,21,24). The van der Waals surface area contributed by atoms with Gasteiger partial charge in [0, 0.05) is 32.0 Å². The number of nitrogens with zero attached hydrogens (tertiary/aromatic N) is 1. The maximum Gasteiger partial charge on any atom is 0.313 e. The van der Waals surface area contributed by atoms with Crippen LogP contribution in [0.4, 0.5) is 11.4 Å². The largest absolute Gasteiger partial charge is 0.378 e. The van der Waals surface area contributed by atoms with Crippen LogP contribution in [0.3, 0.4) is 0 Å². The molecule has 2 aromatic carbocycles. The van der Waals surface area contributed by atoms with E-state index >= 15 is 0 Å². The van der Waals surface area contributed by atoms with Gasteiger partial charge in [0.25, 0.3) is 0 Å². The second-order valence-electron chi connectivity index (χ2n) is 5.75. The first-order valence-electron chi connectivity index (χ1n) is 7.94. The third-order valence-electron chi connectivity index (χ3n) is 3.73. The van der Waals surface area contributed by atoms with Crippen molar-refractivity contribution in [2.45, 2.75) is 19.9 Å². The Kier molecular flexibility index (Phi) is 5.95. The van der Waals surface area contributed by atoms with Crippen LogP contribution in [0.25, 0.3) is 0 Å². The number of aryl methyl sites for hydroxylation is 1. The van der Waals surface area contributed by atoms with Crippen LogP contribution in [0.15, 0.2) is 48.5 Å². The van der Waals surface area contributed by atoms with Crippen LogP contribution in [-0.4, -0.2) is 25.9 Å². The van der Waals surface area contributed by atoms with E-state index in [0.29, 0.717) is 12.2 Å². The second-order valence-corrected chi connectivity index (χ2v) is 5.75. The molecule has 0 saturated carbocycles. The zero-order valence-corrected chi connectivity index (χ0v) is 14.3. The van der Waals surface area contributed by atoms with Crippen LogP contribution in [0.2, 0.25) is 0 Å². The van der Waals surface area contributed by atoms with Crippen LogP contribution >= 0.6 is 0 Å². The molecule has 2 N–H and O–H groups in total. The number of benzene rings is 2. The zero-order valence-electron chi connectivity index (χ0n) is 14.3. The fourth-order valence-electron chi connectivity index (χ4n) is 2.19. The number of amides is 2. The summed E-state index contributed by atoms with van der Waals surface area (Å²) in [6.45, 7) is 2.42. The Bertz CT molecular complexity index is 692. The average Bonchev–Trinajstić information content (AvgIpc) is 2.60. The van der Waals surface area contributed by atoms with Gasteiger partial charge in [-0.2, -0.15) is 0 Å². The lowest BCUT2D eigenvalue weighted by atomic mass is 10.1. The van der Waals surface area contributed by atoms with Crippen LogP contribution in [-0.2, 0) is 22.6 Å². The quantitative estimate of drug-likeness (QED) is 0.831. The molecule has 2 amide bonds. The molecule has 0 atom stereocenters. The van der Waals surface area contributed by atoms with Gasteiger partial charge in [0.05, 0.1) is 0 Å². The van der Waals surface area contributed by atoms with E-state index in [1.54, 1.807) is 12.1 Å². The highest BCUT2D eigenvalue weighted by Crippen LogP contribution is 2.15. The Labute approximate surface area is 142 Å². The van der Waals surface area contributed by atoms with E-state index in [-0.39, 0.29) is 0 Å². The maximum atomic E-state index is 11.9. The van der Waals surface area contributed by atoms with Crippen molar-refractivity contribution in [2.24, 2.45) is 0 Å². The van der Waals surface area contributed by atoms with Crippen molar-refractivity contribution in [2.75, 3.05) is 24.3 Å². The molecular formula is C19H23N3O2. The van der Waals surface area contributed by atoms with Crippen molar-refractivity contribution in [3.8, 4) is 0 Å². The molecule has 0 aliphatic heterocycles. The van der Waals surface area contributed by atoms with E-state index in [9.17, 15) is 9.59 Å². The van der Waals surface area contributed by atoms with E-state index in [1.807, 2.05) is 55.4 Å². The molecule has 0 heterocycles. The highest BCUT2D eigenvalue weighted by molar-refractivity contribution is 6.39. The van der Waals surface area contributed by atoms with Crippen molar-refractivity contribution >= 4 is 23.2 Å². The van der Waals surface area contributed by atoms with Gasteiger partial charge < -0.3 is 15.5 Å². The summed E-state index contributed by atoms with van der Waals surface area (Å²) in [5.74, 6) is -1.32. The maximum absolute atomic E-state index is 11.9. The highest BCUT2D eigenvalue weighted by Gasteiger charge is 2.13. The normalized spacial score (nSPS) is 10.1. The minimum Gasteiger partial charge on any atom is -0.378 e. The van der Waals surface area contributed by atoms with Crippen molar-refractivity contribution in [3.63, 3.8) is 0 Å². The van der Waals surface area contributed by atoms with Gasteiger partial charge in [-0.15, -0.1) is 0 Å². The van der Waals surface area contributed by atoms with Gasteiger partial charge in [-0.1, -0.05) is 31.2 Å². The van der Waals surface area contributed by atoms with Gasteiger partial charge in [0.15, 0.2) is 0 Å². The summed E-state index contributed by atoms with van der Waals surface area (Å²) in [6, 6.07) is 15.2. The zero-order chi connectivity index (χ0) is 17.5. The molecule has 5 nitrogen and oxygen atoms in total. The molecule has 0 radical (unpaired) electrons. The summed E-state index contributed by atoms with van der Waals surface area (Å²) >= 11 is 0. The molecule has 0 unspecified atom stereocenters. The van der Waals surface area contributed by atoms with E-state index in [0.717, 1.165) is 17.7 Å². The van der Waals surface area contributed by atoms with Gasteiger partial charge >= 0.3 is 11.8 Å². The Morgan fingerprint density at radius 1 is 0.875 bits per heavy atom. The lowest BCUT2D eigenvalue weighted by Crippen LogP contribution is -2.34. The molecule has 0 aliphatic carbocycles. The number of nitrogens with one attached hydrogen (secondary N) is 2. The molecule has 2 aromatic rings. The Morgan fingerprint density at radius 2 is 1.46 bits per heavy atom. The Balaban J connectivity index is 1.86. The lowest BCUT2D eigenvalue weighted by molar-refractivity contribution is -0.136. The summed E-state index contributed by atoms with van der Waals surface area (Å²) < 4.78 is 0. The molecule has 5 heteroatoms. The summed E-state index contributed by atoms with van der Waals surface area (Å²) in [5.41, 5.74) is 3.81. The summed E-state index contributed by atoms with van der Waals surface area (Å²) in [4.78, 5) is 25.8. The van der Waals surface area contributed by atoms with Crippen molar-refractivity contribution in [3.05, 3.63) is 59.7 Å². The first-order chi connectivity index (χ1) is 11.5. The first kappa shape index (κ1) is 17.5. The molecule has 126 valence electrons. The van der Waals surface area contributed by atoms with E-state index < -0.39 is 11.8 Å². The van der Waals surface area contributed by atoms with Crippen LogP contribution in [0, 0.1) is 0 Å². The van der Waals surface area contributed by atoms with Crippen LogP contribution < -0.4 is 15.5 Å². The molecule has 24 heavy (non-hydrogen) atoms. The fraction of sp³-hybridized carbons (Fsp3) is 0.263. The van der Waals surface area contributed by atoms with Crippen LogP contribution in [0.5, 0.6) is 0 Å². The Morgan fingerprint density at radius 3 is 2.00 bits per heavy atom. The second kappa shape index (κ2) is 8.15. The van der Waals surface area contributed by atoms with E-state index in [4.69, 9.17) is 0 Å². The third-order valence-corrected chi connectivity index (χ3v) is 3.73. The molecule has 0 aliphatic rings. The van der Waals surface area contributed by atoms with E-state index in [1.165, 1.54) is 5.56 Å². The van der Waals surface area contributed by atoms with Crippen molar-refractivity contribution < 1.29 is 9.59 Å².